The van der Waals surface area contributed by atoms with Gasteiger partial charge in [0.15, 0.2) is 11.1 Å². The van der Waals surface area contributed by atoms with Gasteiger partial charge >= 0.3 is 0 Å². The number of nitrogens with zero attached hydrogens (tertiary/aromatic N) is 2. The molecule has 1 atom stereocenters. The Bertz CT molecular complexity index is 536. The highest BCUT2D eigenvalue weighted by Gasteiger charge is 2.32. The molecule has 0 spiro atoms. The van der Waals surface area contributed by atoms with E-state index < -0.39 is 0 Å². The molecule has 0 aliphatic heterocycles. The third-order valence-electron chi connectivity index (χ3n) is 3.79. The van der Waals surface area contributed by atoms with Gasteiger partial charge in [-0.2, -0.15) is 0 Å². The molecule has 1 heterocycles. The average molecular weight is 323 g/mol. The third-order valence-corrected chi connectivity index (χ3v) is 4.84. The Hall–Kier alpha value is -1.63. The smallest absolute Gasteiger partial charge is 0.231 e. The summed E-state index contributed by atoms with van der Waals surface area (Å²) >= 11 is 1.51. The molecular weight excluding hydrogens is 298 g/mol. The van der Waals surface area contributed by atoms with Gasteiger partial charge in [-0.05, 0) is 32.1 Å². The van der Waals surface area contributed by atoms with Crippen LogP contribution in [-0.4, -0.2) is 34.8 Å². The van der Waals surface area contributed by atoms with Crippen molar-refractivity contribution >= 4 is 28.3 Å². The van der Waals surface area contributed by atoms with Crippen molar-refractivity contribution in [2.45, 2.75) is 51.9 Å². The Balaban J connectivity index is 2.21. The molecule has 1 aliphatic carbocycles. The van der Waals surface area contributed by atoms with Gasteiger partial charge in [0.25, 0.3) is 0 Å². The molecule has 1 aliphatic rings. The summed E-state index contributed by atoms with van der Waals surface area (Å²) in [6, 6.07) is 0. The number of rotatable bonds is 6. The first kappa shape index (κ1) is 16.7. The van der Waals surface area contributed by atoms with E-state index >= 15 is 0 Å². The molecule has 1 amide bonds. The molecule has 7 heteroatoms. The van der Waals surface area contributed by atoms with E-state index in [0.717, 1.165) is 55.8 Å². The van der Waals surface area contributed by atoms with Crippen LogP contribution in [0.5, 0.6) is 0 Å². The SMILES string of the molecule is CCCN(CCC)C(=O)[C@H]1CCCc2sc(NC(=N)N)nc21. The van der Waals surface area contributed by atoms with Crippen molar-refractivity contribution in [3.05, 3.63) is 10.6 Å². The van der Waals surface area contributed by atoms with Crippen molar-refractivity contribution in [3.63, 3.8) is 0 Å². The minimum atomic E-state index is -0.138. The van der Waals surface area contributed by atoms with Gasteiger partial charge in [-0.15, -0.1) is 11.3 Å². The van der Waals surface area contributed by atoms with E-state index in [2.05, 4.69) is 24.1 Å². The van der Waals surface area contributed by atoms with E-state index in [-0.39, 0.29) is 17.8 Å². The van der Waals surface area contributed by atoms with E-state index in [1.165, 1.54) is 11.3 Å². The molecule has 4 N–H and O–H groups in total. The molecule has 0 unspecified atom stereocenters. The number of amides is 1. The number of aromatic nitrogens is 1. The number of anilines is 1. The molecule has 122 valence electrons. The zero-order valence-electron chi connectivity index (χ0n) is 13.3. The van der Waals surface area contributed by atoms with Gasteiger partial charge < -0.3 is 16.0 Å². The second-order valence-corrected chi connectivity index (χ2v) is 6.72. The van der Waals surface area contributed by atoms with E-state index in [4.69, 9.17) is 11.1 Å². The molecule has 1 aromatic rings. The van der Waals surface area contributed by atoms with Gasteiger partial charge in [0.05, 0.1) is 11.6 Å². The third kappa shape index (κ3) is 3.76. The lowest BCUT2D eigenvalue weighted by atomic mass is 9.89. The first-order valence-corrected chi connectivity index (χ1v) is 8.77. The lowest BCUT2D eigenvalue weighted by molar-refractivity contribution is -0.133. The van der Waals surface area contributed by atoms with Gasteiger partial charge in [0, 0.05) is 18.0 Å². The number of carbonyl (C=O) groups excluding carboxylic acids is 1. The van der Waals surface area contributed by atoms with Crippen LogP contribution >= 0.6 is 11.3 Å². The topological polar surface area (TPSA) is 95.1 Å². The van der Waals surface area contributed by atoms with Crippen molar-refractivity contribution in [2.75, 3.05) is 18.4 Å². The van der Waals surface area contributed by atoms with Gasteiger partial charge in [0.2, 0.25) is 5.91 Å². The van der Waals surface area contributed by atoms with Crippen LogP contribution in [0.3, 0.4) is 0 Å². The predicted molar refractivity (Wildman–Crippen MR) is 90.5 cm³/mol. The number of guanidine groups is 1. The summed E-state index contributed by atoms with van der Waals surface area (Å²) in [4.78, 5) is 20.5. The molecule has 0 radical (unpaired) electrons. The van der Waals surface area contributed by atoms with Gasteiger partial charge in [-0.3, -0.25) is 10.2 Å². The number of hydrogen-bond acceptors (Lipinski definition) is 4. The fourth-order valence-corrected chi connectivity index (χ4v) is 4.00. The maximum absolute atomic E-state index is 12.9. The summed E-state index contributed by atoms with van der Waals surface area (Å²) in [6.07, 6.45) is 4.77. The lowest BCUT2D eigenvalue weighted by Crippen LogP contribution is -2.37. The Labute approximate surface area is 135 Å². The maximum Gasteiger partial charge on any atom is 0.231 e. The summed E-state index contributed by atoms with van der Waals surface area (Å²) in [5.41, 5.74) is 6.26. The highest BCUT2D eigenvalue weighted by atomic mass is 32.1. The molecule has 0 saturated carbocycles. The van der Waals surface area contributed by atoms with Crippen LogP contribution in [0.15, 0.2) is 0 Å². The highest BCUT2D eigenvalue weighted by molar-refractivity contribution is 7.15. The van der Waals surface area contributed by atoms with Crippen molar-refractivity contribution < 1.29 is 4.79 Å². The number of hydrogen-bond donors (Lipinski definition) is 3. The van der Waals surface area contributed by atoms with E-state index in [1.807, 2.05) is 4.90 Å². The number of carbonyl (C=O) groups is 1. The number of nitrogens with two attached hydrogens (primary N) is 1. The summed E-state index contributed by atoms with van der Waals surface area (Å²) in [5.74, 6) is -0.0579. The summed E-state index contributed by atoms with van der Waals surface area (Å²) in [7, 11) is 0. The molecule has 22 heavy (non-hydrogen) atoms. The molecule has 1 aromatic heterocycles. The van der Waals surface area contributed by atoms with Crippen LogP contribution in [0.2, 0.25) is 0 Å². The predicted octanol–water partition coefficient (Wildman–Crippen LogP) is 2.52. The van der Waals surface area contributed by atoms with Crippen LogP contribution in [0.25, 0.3) is 0 Å². The van der Waals surface area contributed by atoms with E-state index in [0.29, 0.717) is 5.13 Å². The monoisotopic (exact) mass is 323 g/mol. The zero-order valence-corrected chi connectivity index (χ0v) is 14.1. The van der Waals surface area contributed by atoms with Crippen LogP contribution < -0.4 is 11.1 Å². The maximum atomic E-state index is 12.9. The second kappa shape index (κ2) is 7.58. The Morgan fingerprint density at radius 3 is 2.73 bits per heavy atom. The fourth-order valence-electron chi connectivity index (χ4n) is 2.92. The molecule has 0 aromatic carbocycles. The first-order chi connectivity index (χ1) is 10.6. The fraction of sp³-hybridized carbons (Fsp3) is 0.667. The average Bonchev–Trinajstić information content (AvgIpc) is 2.87. The minimum absolute atomic E-state index is 0.118. The van der Waals surface area contributed by atoms with Crippen molar-refractivity contribution in [1.82, 2.24) is 9.88 Å². The quantitative estimate of drug-likeness (QED) is 0.554. The van der Waals surface area contributed by atoms with E-state index in [9.17, 15) is 4.79 Å². The van der Waals surface area contributed by atoms with Gasteiger partial charge in [-0.1, -0.05) is 13.8 Å². The molecule has 0 bridgehead atoms. The van der Waals surface area contributed by atoms with Crippen LogP contribution in [0.1, 0.15) is 56.0 Å². The number of thiazole rings is 1. The van der Waals surface area contributed by atoms with Crippen molar-refractivity contribution in [1.29, 1.82) is 5.41 Å². The Kier molecular flexibility index (Phi) is 5.76. The van der Waals surface area contributed by atoms with Gasteiger partial charge in [-0.25, -0.2) is 4.98 Å². The molecule has 2 rings (SSSR count). The summed E-state index contributed by atoms with van der Waals surface area (Å²) in [6.45, 7) is 5.81. The molecule has 6 nitrogen and oxygen atoms in total. The molecular formula is C15H25N5OS. The first-order valence-electron chi connectivity index (χ1n) is 7.96. The standard InChI is InChI=1S/C15H25N5OS/c1-3-8-20(9-4-2)13(21)10-6-5-7-11-12(10)18-15(22-11)19-14(16)17/h10H,3-9H2,1-2H3,(H4,16,17,18,19)/t10-/m0/s1. The zero-order chi connectivity index (χ0) is 16.1. The summed E-state index contributed by atoms with van der Waals surface area (Å²) in [5, 5.41) is 10.7. The van der Waals surface area contributed by atoms with Crippen molar-refractivity contribution in [2.24, 2.45) is 5.73 Å². The van der Waals surface area contributed by atoms with Crippen LogP contribution in [0.4, 0.5) is 5.13 Å². The second-order valence-electron chi connectivity index (χ2n) is 5.64. The summed E-state index contributed by atoms with van der Waals surface area (Å²) < 4.78 is 0. The highest BCUT2D eigenvalue weighted by Crippen LogP contribution is 2.37. The molecule has 0 saturated heterocycles. The number of aryl methyl sites for hydroxylation is 1. The van der Waals surface area contributed by atoms with Gasteiger partial charge in [0.1, 0.15) is 0 Å². The lowest BCUT2D eigenvalue weighted by Gasteiger charge is -2.28. The number of nitrogens with one attached hydrogen (secondary N) is 2. The largest absolute Gasteiger partial charge is 0.370 e. The van der Waals surface area contributed by atoms with Crippen LogP contribution in [-0.2, 0) is 11.2 Å². The van der Waals surface area contributed by atoms with E-state index in [1.54, 1.807) is 0 Å². The van der Waals surface area contributed by atoms with Crippen LogP contribution in [0, 0.1) is 5.41 Å². The minimum Gasteiger partial charge on any atom is -0.370 e. The molecule has 0 fully saturated rings. The van der Waals surface area contributed by atoms with Crippen molar-refractivity contribution in [3.8, 4) is 0 Å². The Morgan fingerprint density at radius 2 is 2.14 bits per heavy atom. The normalized spacial score (nSPS) is 16.9. The number of fused-ring (bicyclic) bond motifs is 1. The Morgan fingerprint density at radius 1 is 1.45 bits per heavy atom.